The molecule has 1 heterocycles. The third-order valence-corrected chi connectivity index (χ3v) is 3.48. The third-order valence-electron chi connectivity index (χ3n) is 3.48. The molecule has 7 heteroatoms. The van der Waals surface area contributed by atoms with Crippen molar-refractivity contribution in [2.24, 2.45) is 0 Å². The molecule has 0 unspecified atom stereocenters. The zero-order chi connectivity index (χ0) is 18.4. The monoisotopic (exact) mass is 347 g/mol. The third kappa shape index (κ3) is 5.49. The van der Waals surface area contributed by atoms with Crippen LogP contribution in [-0.2, 0) is 20.8 Å². The fourth-order valence-electron chi connectivity index (χ4n) is 2.41. The number of ether oxygens (including phenoxy) is 2. The van der Waals surface area contributed by atoms with Crippen molar-refractivity contribution in [2.75, 3.05) is 13.7 Å². The minimum absolute atomic E-state index is 0.0550. The molecule has 2 amide bonds. The molecular formula is C18H25N3O4. The molecule has 1 atom stereocenters. The molecule has 1 aromatic heterocycles. The lowest BCUT2D eigenvalue weighted by Crippen LogP contribution is -2.50. The molecule has 0 saturated heterocycles. The number of nitrogens with one attached hydrogen (secondary N) is 3. The molecule has 2 aromatic rings. The maximum Gasteiger partial charge on any atom is 0.408 e. The van der Waals surface area contributed by atoms with E-state index in [9.17, 15) is 9.59 Å². The van der Waals surface area contributed by atoms with Crippen molar-refractivity contribution < 1.29 is 19.1 Å². The summed E-state index contributed by atoms with van der Waals surface area (Å²) in [6.07, 6.45) is 1.20. The highest BCUT2D eigenvalue weighted by Gasteiger charge is 2.24. The molecular weight excluding hydrogens is 322 g/mol. The number of carbonyl (C=O) groups is 2. The largest absolute Gasteiger partial charge is 0.444 e. The molecule has 0 fully saturated rings. The molecule has 0 spiro atoms. The lowest BCUT2D eigenvalue weighted by atomic mass is 10.1. The highest BCUT2D eigenvalue weighted by atomic mass is 16.6. The van der Waals surface area contributed by atoms with Crippen LogP contribution < -0.4 is 10.6 Å². The average molecular weight is 347 g/mol. The smallest absolute Gasteiger partial charge is 0.408 e. The van der Waals surface area contributed by atoms with Gasteiger partial charge in [-0.1, -0.05) is 12.1 Å². The van der Waals surface area contributed by atoms with E-state index >= 15 is 0 Å². The van der Waals surface area contributed by atoms with Crippen molar-refractivity contribution in [3.8, 4) is 0 Å². The van der Waals surface area contributed by atoms with E-state index in [0.717, 1.165) is 16.5 Å². The van der Waals surface area contributed by atoms with Crippen molar-refractivity contribution in [3.05, 3.63) is 36.0 Å². The summed E-state index contributed by atoms with van der Waals surface area (Å²) in [7, 11) is 1.47. The van der Waals surface area contributed by atoms with Gasteiger partial charge in [-0.2, -0.15) is 0 Å². The SMILES string of the molecule is COC[C@H](NC(=O)OC(C)(C)C)C(=O)NCc1cccc2[nH]ccc12. The first-order valence-electron chi connectivity index (χ1n) is 8.11. The Morgan fingerprint density at radius 1 is 1.24 bits per heavy atom. The number of hydrogen-bond acceptors (Lipinski definition) is 4. The van der Waals surface area contributed by atoms with Crippen LogP contribution in [0.25, 0.3) is 10.9 Å². The minimum Gasteiger partial charge on any atom is -0.444 e. The van der Waals surface area contributed by atoms with Crippen LogP contribution in [0.4, 0.5) is 4.79 Å². The summed E-state index contributed by atoms with van der Waals surface area (Å²) in [5.41, 5.74) is 1.36. The molecule has 25 heavy (non-hydrogen) atoms. The van der Waals surface area contributed by atoms with Gasteiger partial charge in [0, 0.05) is 30.8 Å². The predicted molar refractivity (Wildman–Crippen MR) is 95.2 cm³/mol. The van der Waals surface area contributed by atoms with Crippen LogP contribution in [-0.4, -0.2) is 42.3 Å². The van der Waals surface area contributed by atoms with Gasteiger partial charge in [-0.05, 0) is 38.5 Å². The standard InChI is InChI=1S/C18H25N3O4/c1-18(2,3)25-17(23)21-15(11-24-4)16(22)20-10-12-6-5-7-14-13(12)8-9-19-14/h5-9,15,19H,10-11H2,1-4H3,(H,20,22)(H,21,23)/t15-/m0/s1. The van der Waals surface area contributed by atoms with Crippen LogP contribution in [0.1, 0.15) is 26.3 Å². The summed E-state index contributed by atoms with van der Waals surface area (Å²) in [5.74, 6) is -0.333. The topological polar surface area (TPSA) is 92.4 Å². The summed E-state index contributed by atoms with van der Waals surface area (Å²) >= 11 is 0. The number of H-pyrrole nitrogens is 1. The summed E-state index contributed by atoms with van der Waals surface area (Å²) in [6.45, 7) is 5.68. The lowest BCUT2D eigenvalue weighted by Gasteiger charge is -2.23. The van der Waals surface area contributed by atoms with Gasteiger partial charge < -0.3 is 25.1 Å². The van der Waals surface area contributed by atoms with E-state index < -0.39 is 17.7 Å². The van der Waals surface area contributed by atoms with E-state index in [2.05, 4.69) is 15.6 Å². The van der Waals surface area contributed by atoms with Gasteiger partial charge in [-0.3, -0.25) is 4.79 Å². The van der Waals surface area contributed by atoms with Crippen LogP contribution in [0.3, 0.4) is 0 Å². The van der Waals surface area contributed by atoms with E-state index in [1.165, 1.54) is 7.11 Å². The number of methoxy groups -OCH3 is 1. The quantitative estimate of drug-likeness (QED) is 0.748. The van der Waals surface area contributed by atoms with Gasteiger partial charge in [-0.15, -0.1) is 0 Å². The van der Waals surface area contributed by atoms with Crippen LogP contribution in [0.5, 0.6) is 0 Å². The molecule has 0 aliphatic rings. The van der Waals surface area contributed by atoms with Crippen molar-refractivity contribution in [1.82, 2.24) is 15.6 Å². The molecule has 0 aliphatic heterocycles. The molecule has 2 rings (SSSR count). The van der Waals surface area contributed by atoms with Crippen molar-refractivity contribution in [1.29, 1.82) is 0 Å². The van der Waals surface area contributed by atoms with Gasteiger partial charge in [0.1, 0.15) is 11.6 Å². The summed E-state index contributed by atoms with van der Waals surface area (Å²) in [5, 5.41) is 6.42. The Balaban J connectivity index is 1.98. The second kappa shape index (κ2) is 8.02. The van der Waals surface area contributed by atoms with Crippen molar-refractivity contribution >= 4 is 22.9 Å². The fraction of sp³-hybridized carbons (Fsp3) is 0.444. The number of rotatable bonds is 6. The Bertz CT molecular complexity index is 733. The molecule has 1 aromatic carbocycles. The highest BCUT2D eigenvalue weighted by Crippen LogP contribution is 2.17. The van der Waals surface area contributed by atoms with Crippen LogP contribution in [0, 0.1) is 0 Å². The Morgan fingerprint density at radius 3 is 2.68 bits per heavy atom. The second-order valence-electron chi connectivity index (χ2n) is 6.73. The van der Waals surface area contributed by atoms with E-state index in [0.29, 0.717) is 6.54 Å². The number of aromatic amines is 1. The average Bonchev–Trinajstić information content (AvgIpc) is 2.99. The molecule has 7 nitrogen and oxygen atoms in total. The van der Waals surface area contributed by atoms with Crippen molar-refractivity contribution in [2.45, 2.75) is 39.0 Å². The van der Waals surface area contributed by atoms with Crippen LogP contribution >= 0.6 is 0 Å². The van der Waals surface area contributed by atoms with Gasteiger partial charge in [0.15, 0.2) is 0 Å². The zero-order valence-corrected chi connectivity index (χ0v) is 15.0. The van der Waals surface area contributed by atoms with Crippen molar-refractivity contribution in [3.63, 3.8) is 0 Å². The number of benzene rings is 1. The Hall–Kier alpha value is -2.54. The zero-order valence-electron chi connectivity index (χ0n) is 15.0. The number of carbonyl (C=O) groups excluding carboxylic acids is 2. The molecule has 0 saturated carbocycles. The maximum absolute atomic E-state index is 12.4. The van der Waals surface area contributed by atoms with Gasteiger partial charge >= 0.3 is 6.09 Å². The first kappa shape index (κ1) is 18.8. The Labute approximate surface area is 147 Å². The number of fused-ring (bicyclic) bond motifs is 1. The van der Waals surface area contributed by atoms with Gasteiger partial charge in [-0.25, -0.2) is 4.79 Å². The number of hydrogen-bond donors (Lipinski definition) is 3. The second-order valence-corrected chi connectivity index (χ2v) is 6.73. The van der Waals surface area contributed by atoms with E-state index in [1.807, 2.05) is 30.5 Å². The van der Waals surface area contributed by atoms with Crippen LogP contribution in [0.2, 0.25) is 0 Å². The predicted octanol–water partition coefficient (Wildman–Crippen LogP) is 2.32. The molecule has 0 aliphatic carbocycles. The van der Waals surface area contributed by atoms with E-state index in [1.54, 1.807) is 20.8 Å². The molecule has 136 valence electrons. The molecule has 0 bridgehead atoms. The normalized spacial score (nSPS) is 12.6. The van der Waals surface area contributed by atoms with Crippen LogP contribution in [0.15, 0.2) is 30.5 Å². The number of aromatic nitrogens is 1. The van der Waals surface area contributed by atoms with Gasteiger partial charge in [0.05, 0.1) is 6.61 Å². The summed E-state index contributed by atoms with van der Waals surface area (Å²) < 4.78 is 10.2. The minimum atomic E-state index is -0.828. The first-order valence-corrected chi connectivity index (χ1v) is 8.11. The van der Waals surface area contributed by atoms with Gasteiger partial charge in [0.2, 0.25) is 5.91 Å². The van der Waals surface area contributed by atoms with E-state index in [4.69, 9.17) is 9.47 Å². The highest BCUT2D eigenvalue weighted by molar-refractivity contribution is 5.87. The van der Waals surface area contributed by atoms with Gasteiger partial charge in [0.25, 0.3) is 0 Å². The summed E-state index contributed by atoms with van der Waals surface area (Å²) in [4.78, 5) is 27.4. The van der Waals surface area contributed by atoms with E-state index in [-0.39, 0.29) is 12.5 Å². The number of alkyl carbamates (subject to hydrolysis) is 1. The Kier molecular flexibility index (Phi) is 6.03. The fourth-order valence-corrected chi connectivity index (χ4v) is 2.41. The molecule has 0 radical (unpaired) electrons. The molecule has 3 N–H and O–H groups in total. The summed E-state index contributed by atoms with van der Waals surface area (Å²) in [6, 6.07) is 6.97. The Morgan fingerprint density at radius 2 is 2.00 bits per heavy atom. The first-order chi connectivity index (χ1) is 11.8. The lowest BCUT2D eigenvalue weighted by molar-refractivity contribution is -0.124. The maximum atomic E-state index is 12.4. The number of amides is 2.